The summed E-state index contributed by atoms with van der Waals surface area (Å²) in [7, 11) is 0. The molecule has 0 radical (unpaired) electrons. The zero-order valence-corrected chi connectivity index (χ0v) is 9.96. The normalized spacial score (nSPS) is 12.9. The molecular formula is C11H14ClFS. The fourth-order valence-corrected chi connectivity index (χ4v) is 2.24. The molecule has 0 N–H and O–H groups in total. The zero-order chi connectivity index (χ0) is 10.6. The van der Waals surface area contributed by atoms with Gasteiger partial charge in [0.05, 0.1) is 0 Å². The Morgan fingerprint density at radius 3 is 2.79 bits per heavy atom. The highest BCUT2D eigenvalue weighted by molar-refractivity contribution is 7.99. The number of benzene rings is 1. The van der Waals surface area contributed by atoms with Gasteiger partial charge in [-0.1, -0.05) is 13.0 Å². The van der Waals surface area contributed by atoms with Gasteiger partial charge in [0, 0.05) is 16.9 Å². The third kappa shape index (κ3) is 3.50. The molecule has 0 aromatic heterocycles. The lowest BCUT2D eigenvalue weighted by Gasteiger charge is -2.09. The molecule has 0 aliphatic rings. The topological polar surface area (TPSA) is 0 Å². The van der Waals surface area contributed by atoms with E-state index in [0.717, 1.165) is 11.3 Å². The standard InChI is InChI=1S/C11H14ClFS/c1-8-5-11(13)4-3-10(8)7-14-9(2)6-12/h3-5,9H,6-7H2,1-2H3. The second kappa shape index (κ2) is 5.62. The maximum Gasteiger partial charge on any atom is 0.123 e. The van der Waals surface area contributed by atoms with Crippen LogP contribution in [0.15, 0.2) is 18.2 Å². The van der Waals surface area contributed by atoms with E-state index in [9.17, 15) is 4.39 Å². The van der Waals surface area contributed by atoms with Gasteiger partial charge in [0.25, 0.3) is 0 Å². The van der Waals surface area contributed by atoms with Gasteiger partial charge in [-0.2, -0.15) is 11.8 Å². The molecule has 0 amide bonds. The molecule has 0 saturated heterocycles. The van der Waals surface area contributed by atoms with Crippen molar-refractivity contribution in [3.05, 3.63) is 35.1 Å². The molecule has 0 heterocycles. The quantitative estimate of drug-likeness (QED) is 0.708. The van der Waals surface area contributed by atoms with Crippen molar-refractivity contribution in [3.63, 3.8) is 0 Å². The predicted octanol–water partition coefficient (Wildman–Crippen LogP) is 3.99. The molecule has 0 aliphatic carbocycles. The van der Waals surface area contributed by atoms with Crippen LogP contribution in [0.1, 0.15) is 18.1 Å². The third-order valence-corrected chi connectivity index (χ3v) is 3.90. The van der Waals surface area contributed by atoms with Crippen LogP contribution in [-0.2, 0) is 5.75 Å². The molecule has 0 saturated carbocycles. The highest BCUT2D eigenvalue weighted by Crippen LogP contribution is 2.21. The van der Waals surface area contributed by atoms with E-state index in [1.54, 1.807) is 17.8 Å². The Bertz CT molecular complexity index is 301. The van der Waals surface area contributed by atoms with Crippen LogP contribution < -0.4 is 0 Å². The molecule has 1 aromatic rings. The summed E-state index contributed by atoms with van der Waals surface area (Å²) in [4.78, 5) is 0. The molecule has 0 spiro atoms. The molecule has 1 unspecified atom stereocenters. The maximum atomic E-state index is 12.8. The van der Waals surface area contributed by atoms with Crippen LogP contribution in [-0.4, -0.2) is 11.1 Å². The van der Waals surface area contributed by atoms with E-state index >= 15 is 0 Å². The van der Waals surface area contributed by atoms with Crippen LogP contribution in [0.2, 0.25) is 0 Å². The van der Waals surface area contributed by atoms with Crippen molar-refractivity contribution in [1.82, 2.24) is 0 Å². The molecule has 3 heteroatoms. The number of halogens is 2. The maximum absolute atomic E-state index is 12.8. The summed E-state index contributed by atoms with van der Waals surface area (Å²) in [5.74, 6) is 1.40. The van der Waals surface area contributed by atoms with E-state index in [2.05, 4.69) is 6.92 Å². The van der Waals surface area contributed by atoms with Crippen LogP contribution in [0.25, 0.3) is 0 Å². The van der Waals surface area contributed by atoms with Crippen molar-refractivity contribution in [2.75, 3.05) is 5.88 Å². The average molecular weight is 233 g/mol. The summed E-state index contributed by atoms with van der Waals surface area (Å²) in [5.41, 5.74) is 2.20. The monoisotopic (exact) mass is 232 g/mol. The molecule has 1 aromatic carbocycles. The number of rotatable bonds is 4. The molecule has 1 atom stereocenters. The van der Waals surface area contributed by atoms with E-state index < -0.39 is 0 Å². The Morgan fingerprint density at radius 1 is 1.50 bits per heavy atom. The summed E-state index contributed by atoms with van der Waals surface area (Å²) in [6, 6.07) is 4.92. The summed E-state index contributed by atoms with van der Waals surface area (Å²) in [5, 5.41) is 0.445. The second-order valence-electron chi connectivity index (χ2n) is 3.35. The number of hydrogen-bond donors (Lipinski definition) is 0. The van der Waals surface area contributed by atoms with Crippen LogP contribution in [0, 0.1) is 12.7 Å². The average Bonchev–Trinajstić information content (AvgIpc) is 2.16. The fourth-order valence-electron chi connectivity index (χ4n) is 1.10. The number of hydrogen-bond acceptors (Lipinski definition) is 1. The van der Waals surface area contributed by atoms with Gasteiger partial charge in [-0.15, -0.1) is 11.6 Å². The summed E-state index contributed by atoms with van der Waals surface area (Å²) in [6.45, 7) is 4.03. The first kappa shape index (κ1) is 11.9. The van der Waals surface area contributed by atoms with Gasteiger partial charge in [-0.3, -0.25) is 0 Å². The highest BCUT2D eigenvalue weighted by Gasteiger charge is 2.04. The Kier molecular flexibility index (Phi) is 4.76. The van der Waals surface area contributed by atoms with Crippen LogP contribution in [0.3, 0.4) is 0 Å². The minimum absolute atomic E-state index is 0.165. The molecule has 0 bridgehead atoms. The van der Waals surface area contributed by atoms with Gasteiger partial charge >= 0.3 is 0 Å². The van der Waals surface area contributed by atoms with Crippen molar-refractivity contribution < 1.29 is 4.39 Å². The Balaban J connectivity index is 2.59. The van der Waals surface area contributed by atoms with Gasteiger partial charge in [-0.05, 0) is 30.2 Å². The first-order valence-corrected chi connectivity index (χ1v) is 6.14. The summed E-state index contributed by atoms with van der Waals surface area (Å²) < 4.78 is 12.8. The smallest absolute Gasteiger partial charge is 0.123 e. The predicted molar refractivity (Wildman–Crippen MR) is 62.6 cm³/mol. The molecule has 14 heavy (non-hydrogen) atoms. The number of aryl methyl sites for hydroxylation is 1. The Hall–Kier alpha value is -0.210. The lowest BCUT2D eigenvalue weighted by Crippen LogP contribution is -1.98. The molecule has 0 aliphatic heterocycles. The largest absolute Gasteiger partial charge is 0.207 e. The molecular weight excluding hydrogens is 219 g/mol. The van der Waals surface area contributed by atoms with Gasteiger partial charge in [-0.25, -0.2) is 4.39 Å². The summed E-state index contributed by atoms with van der Waals surface area (Å²) >= 11 is 7.50. The van der Waals surface area contributed by atoms with Gasteiger partial charge < -0.3 is 0 Å². The van der Waals surface area contributed by atoms with E-state index in [0.29, 0.717) is 11.1 Å². The lowest BCUT2D eigenvalue weighted by atomic mass is 10.1. The van der Waals surface area contributed by atoms with Crippen molar-refractivity contribution in [3.8, 4) is 0 Å². The van der Waals surface area contributed by atoms with Crippen molar-refractivity contribution in [1.29, 1.82) is 0 Å². The van der Waals surface area contributed by atoms with Crippen molar-refractivity contribution >= 4 is 23.4 Å². The number of alkyl halides is 1. The minimum Gasteiger partial charge on any atom is -0.207 e. The van der Waals surface area contributed by atoms with Crippen LogP contribution in [0.4, 0.5) is 4.39 Å². The first-order valence-electron chi connectivity index (χ1n) is 4.56. The lowest BCUT2D eigenvalue weighted by molar-refractivity contribution is 0.626. The number of thioether (sulfide) groups is 1. The molecule has 0 nitrogen and oxygen atoms in total. The Morgan fingerprint density at radius 2 is 2.21 bits per heavy atom. The van der Waals surface area contributed by atoms with Gasteiger partial charge in [0.2, 0.25) is 0 Å². The molecule has 78 valence electrons. The van der Waals surface area contributed by atoms with Crippen LogP contribution >= 0.6 is 23.4 Å². The third-order valence-electron chi connectivity index (χ3n) is 2.05. The van der Waals surface area contributed by atoms with Gasteiger partial charge in [0.15, 0.2) is 0 Å². The van der Waals surface area contributed by atoms with E-state index in [4.69, 9.17) is 11.6 Å². The second-order valence-corrected chi connectivity index (χ2v) is 5.08. The van der Waals surface area contributed by atoms with E-state index in [1.807, 2.05) is 13.0 Å². The Labute approximate surface area is 93.8 Å². The SMILES string of the molecule is Cc1cc(F)ccc1CSC(C)CCl. The van der Waals surface area contributed by atoms with Gasteiger partial charge in [0.1, 0.15) is 5.82 Å². The van der Waals surface area contributed by atoms with Crippen LogP contribution in [0.5, 0.6) is 0 Å². The van der Waals surface area contributed by atoms with E-state index in [-0.39, 0.29) is 5.82 Å². The minimum atomic E-state index is -0.165. The molecule has 0 fully saturated rings. The highest BCUT2D eigenvalue weighted by atomic mass is 35.5. The summed E-state index contributed by atoms with van der Waals surface area (Å²) in [6.07, 6.45) is 0. The molecule has 1 rings (SSSR count). The fraction of sp³-hybridized carbons (Fsp3) is 0.455. The first-order chi connectivity index (χ1) is 6.63. The van der Waals surface area contributed by atoms with Crippen molar-refractivity contribution in [2.45, 2.75) is 24.9 Å². The van der Waals surface area contributed by atoms with E-state index in [1.165, 1.54) is 11.6 Å². The van der Waals surface area contributed by atoms with Crippen molar-refractivity contribution in [2.24, 2.45) is 0 Å². The zero-order valence-electron chi connectivity index (χ0n) is 8.39.